The predicted molar refractivity (Wildman–Crippen MR) is 78.9 cm³/mol. The first-order chi connectivity index (χ1) is 9.81. The van der Waals surface area contributed by atoms with Crippen LogP contribution in [0.15, 0.2) is 24.3 Å². The van der Waals surface area contributed by atoms with Crippen molar-refractivity contribution in [2.45, 2.75) is 32.9 Å². The van der Waals surface area contributed by atoms with Crippen molar-refractivity contribution in [1.29, 1.82) is 0 Å². The summed E-state index contributed by atoms with van der Waals surface area (Å²) in [5.41, 5.74) is 2.16. The molecule has 21 heavy (non-hydrogen) atoms. The minimum Gasteiger partial charge on any atom is -0.481 e. The minimum absolute atomic E-state index is 0.319. The molecule has 0 aromatic heterocycles. The molecule has 0 bridgehead atoms. The summed E-state index contributed by atoms with van der Waals surface area (Å²) in [7, 11) is -3.68. The SMILES string of the molecule is CC(NS(=O)(=O)N1CCc2ccccc2C1)C(C)C(=O)O. The van der Waals surface area contributed by atoms with E-state index in [9.17, 15) is 13.2 Å². The van der Waals surface area contributed by atoms with Gasteiger partial charge in [0.1, 0.15) is 0 Å². The van der Waals surface area contributed by atoms with Gasteiger partial charge in [-0.05, 0) is 24.5 Å². The quantitative estimate of drug-likeness (QED) is 0.849. The zero-order valence-corrected chi connectivity index (χ0v) is 12.9. The number of benzene rings is 1. The summed E-state index contributed by atoms with van der Waals surface area (Å²) in [5.74, 6) is -1.80. The van der Waals surface area contributed by atoms with Gasteiger partial charge in [0.05, 0.1) is 5.92 Å². The number of hydrogen-bond acceptors (Lipinski definition) is 3. The molecule has 0 amide bonds. The second kappa shape index (κ2) is 6.13. The van der Waals surface area contributed by atoms with Crippen molar-refractivity contribution in [2.24, 2.45) is 5.92 Å². The van der Waals surface area contributed by atoms with Crippen molar-refractivity contribution in [3.63, 3.8) is 0 Å². The molecule has 6 nitrogen and oxygen atoms in total. The molecular weight excluding hydrogens is 292 g/mol. The van der Waals surface area contributed by atoms with Crippen molar-refractivity contribution >= 4 is 16.2 Å². The number of carboxylic acids is 1. The largest absolute Gasteiger partial charge is 0.481 e. The standard InChI is InChI=1S/C14H20N2O4S/c1-10(14(17)18)11(2)15-21(19,20)16-8-7-12-5-3-4-6-13(12)9-16/h3-6,10-11,15H,7-9H2,1-2H3,(H,17,18). The lowest BCUT2D eigenvalue weighted by Crippen LogP contribution is -2.49. The molecule has 7 heteroatoms. The highest BCUT2D eigenvalue weighted by Gasteiger charge is 2.30. The van der Waals surface area contributed by atoms with Crippen LogP contribution in [0.25, 0.3) is 0 Å². The number of hydrogen-bond donors (Lipinski definition) is 2. The van der Waals surface area contributed by atoms with Crippen LogP contribution in [-0.2, 0) is 28.0 Å². The molecule has 2 atom stereocenters. The average Bonchev–Trinajstić information content (AvgIpc) is 2.45. The first-order valence-electron chi connectivity index (χ1n) is 6.88. The third-order valence-corrected chi connectivity index (χ3v) is 5.57. The Morgan fingerprint density at radius 2 is 1.90 bits per heavy atom. The lowest BCUT2D eigenvalue weighted by molar-refractivity contribution is -0.141. The van der Waals surface area contributed by atoms with E-state index in [0.717, 1.165) is 11.1 Å². The van der Waals surface area contributed by atoms with Crippen LogP contribution >= 0.6 is 0 Å². The van der Waals surface area contributed by atoms with Crippen LogP contribution in [0.3, 0.4) is 0 Å². The molecular formula is C14H20N2O4S. The minimum atomic E-state index is -3.68. The van der Waals surface area contributed by atoms with E-state index in [4.69, 9.17) is 5.11 Å². The monoisotopic (exact) mass is 312 g/mol. The van der Waals surface area contributed by atoms with E-state index in [1.165, 1.54) is 11.2 Å². The zero-order valence-electron chi connectivity index (χ0n) is 12.1. The molecule has 116 valence electrons. The van der Waals surface area contributed by atoms with E-state index < -0.39 is 28.1 Å². The van der Waals surface area contributed by atoms with Gasteiger partial charge >= 0.3 is 5.97 Å². The molecule has 1 aromatic rings. The van der Waals surface area contributed by atoms with Crippen LogP contribution in [0.2, 0.25) is 0 Å². The Balaban J connectivity index is 2.09. The molecule has 1 aliphatic rings. The fraction of sp³-hybridized carbons (Fsp3) is 0.500. The maximum atomic E-state index is 12.4. The van der Waals surface area contributed by atoms with Gasteiger partial charge in [0.2, 0.25) is 0 Å². The Labute approximate surface area is 125 Å². The fourth-order valence-electron chi connectivity index (χ4n) is 2.30. The first-order valence-corrected chi connectivity index (χ1v) is 8.32. The van der Waals surface area contributed by atoms with E-state index in [2.05, 4.69) is 4.72 Å². The van der Waals surface area contributed by atoms with Gasteiger partial charge in [-0.15, -0.1) is 0 Å². The Bertz CT molecular complexity index is 630. The molecule has 0 radical (unpaired) electrons. The highest BCUT2D eigenvalue weighted by atomic mass is 32.2. The van der Waals surface area contributed by atoms with Crippen molar-refractivity contribution < 1.29 is 18.3 Å². The van der Waals surface area contributed by atoms with Gasteiger partial charge in [0, 0.05) is 19.1 Å². The van der Waals surface area contributed by atoms with E-state index in [1.807, 2.05) is 24.3 Å². The molecule has 0 aliphatic carbocycles. The van der Waals surface area contributed by atoms with Crippen LogP contribution in [-0.4, -0.2) is 36.4 Å². The van der Waals surface area contributed by atoms with Gasteiger partial charge in [-0.2, -0.15) is 17.4 Å². The Morgan fingerprint density at radius 3 is 2.52 bits per heavy atom. The van der Waals surface area contributed by atoms with E-state index in [1.54, 1.807) is 6.92 Å². The molecule has 2 unspecified atom stereocenters. The van der Waals surface area contributed by atoms with Crippen molar-refractivity contribution in [3.05, 3.63) is 35.4 Å². The maximum Gasteiger partial charge on any atom is 0.307 e. The number of nitrogens with zero attached hydrogens (tertiary/aromatic N) is 1. The topological polar surface area (TPSA) is 86.7 Å². The number of aliphatic carboxylic acids is 1. The van der Waals surface area contributed by atoms with Crippen LogP contribution < -0.4 is 4.72 Å². The lowest BCUT2D eigenvalue weighted by Gasteiger charge is -2.30. The summed E-state index contributed by atoms with van der Waals surface area (Å²) in [6, 6.07) is 7.09. The first kappa shape index (κ1) is 15.9. The number of fused-ring (bicyclic) bond motifs is 1. The second-order valence-corrected chi connectivity index (χ2v) is 7.09. The van der Waals surface area contributed by atoms with Gasteiger partial charge in [0.15, 0.2) is 0 Å². The number of carboxylic acid groups (broad SMARTS) is 1. The number of nitrogens with one attached hydrogen (secondary N) is 1. The molecule has 2 N–H and O–H groups in total. The molecule has 0 fully saturated rings. The fourth-order valence-corrected chi connectivity index (χ4v) is 3.76. The Kier molecular flexibility index (Phi) is 4.65. The van der Waals surface area contributed by atoms with Gasteiger partial charge in [-0.3, -0.25) is 4.79 Å². The maximum absolute atomic E-state index is 12.4. The van der Waals surface area contributed by atoms with Crippen LogP contribution in [0.1, 0.15) is 25.0 Å². The molecule has 2 rings (SSSR count). The predicted octanol–water partition coefficient (Wildman–Crippen LogP) is 0.988. The Morgan fingerprint density at radius 1 is 1.29 bits per heavy atom. The highest BCUT2D eigenvalue weighted by molar-refractivity contribution is 7.87. The summed E-state index contributed by atoms with van der Waals surface area (Å²) < 4.78 is 28.5. The summed E-state index contributed by atoms with van der Waals surface area (Å²) >= 11 is 0. The number of rotatable bonds is 5. The van der Waals surface area contributed by atoms with Crippen molar-refractivity contribution in [3.8, 4) is 0 Å². The van der Waals surface area contributed by atoms with Crippen LogP contribution in [0, 0.1) is 5.92 Å². The molecule has 1 aromatic carbocycles. The average molecular weight is 312 g/mol. The normalized spacial score (nSPS) is 18.8. The van der Waals surface area contributed by atoms with E-state index in [0.29, 0.717) is 19.5 Å². The van der Waals surface area contributed by atoms with E-state index >= 15 is 0 Å². The molecule has 0 saturated heterocycles. The summed E-state index contributed by atoms with van der Waals surface area (Å²) in [5, 5.41) is 8.94. The van der Waals surface area contributed by atoms with Crippen molar-refractivity contribution in [2.75, 3.05) is 6.54 Å². The Hall–Kier alpha value is -1.44. The van der Waals surface area contributed by atoms with Gasteiger partial charge in [-0.1, -0.05) is 31.2 Å². The molecule has 1 heterocycles. The van der Waals surface area contributed by atoms with Crippen molar-refractivity contribution in [1.82, 2.24) is 9.03 Å². The third kappa shape index (κ3) is 3.61. The highest BCUT2D eigenvalue weighted by Crippen LogP contribution is 2.20. The van der Waals surface area contributed by atoms with Gasteiger partial charge in [-0.25, -0.2) is 0 Å². The zero-order chi connectivity index (χ0) is 15.6. The number of carbonyl (C=O) groups is 1. The van der Waals surface area contributed by atoms with Crippen LogP contribution in [0.4, 0.5) is 0 Å². The second-order valence-electron chi connectivity index (χ2n) is 5.39. The lowest BCUT2D eigenvalue weighted by atomic mass is 10.0. The molecule has 1 aliphatic heterocycles. The summed E-state index contributed by atoms with van der Waals surface area (Å²) in [6.45, 7) is 3.77. The summed E-state index contributed by atoms with van der Waals surface area (Å²) in [6.07, 6.45) is 0.667. The third-order valence-electron chi connectivity index (χ3n) is 3.91. The summed E-state index contributed by atoms with van der Waals surface area (Å²) in [4.78, 5) is 10.9. The molecule has 0 saturated carbocycles. The van der Waals surface area contributed by atoms with Gasteiger partial charge in [0.25, 0.3) is 10.2 Å². The smallest absolute Gasteiger partial charge is 0.307 e. The molecule has 0 spiro atoms. The van der Waals surface area contributed by atoms with Gasteiger partial charge < -0.3 is 5.11 Å². The van der Waals surface area contributed by atoms with E-state index in [-0.39, 0.29) is 0 Å². The van der Waals surface area contributed by atoms with Crippen LogP contribution in [0.5, 0.6) is 0 Å².